The molecule has 0 aliphatic heterocycles. The van der Waals surface area contributed by atoms with Crippen LogP contribution >= 0.6 is 12.6 Å². The van der Waals surface area contributed by atoms with Crippen molar-refractivity contribution in [1.82, 2.24) is 4.90 Å². The zero-order chi connectivity index (χ0) is 14.1. The van der Waals surface area contributed by atoms with Gasteiger partial charge in [0.2, 0.25) is 0 Å². The van der Waals surface area contributed by atoms with Gasteiger partial charge < -0.3 is 9.32 Å². The molecule has 1 aromatic heterocycles. The first kappa shape index (κ1) is 13.2. The molecule has 0 atom stereocenters. The van der Waals surface area contributed by atoms with Crippen LogP contribution < -0.4 is 0 Å². The Balaban J connectivity index is 1.87. The second-order valence-corrected chi connectivity index (χ2v) is 5.42. The van der Waals surface area contributed by atoms with Crippen LogP contribution in [-0.2, 0) is 6.54 Å². The highest BCUT2D eigenvalue weighted by Crippen LogP contribution is 2.30. The van der Waals surface area contributed by atoms with Crippen LogP contribution in [0.3, 0.4) is 0 Å². The van der Waals surface area contributed by atoms with Crippen LogP contribution in [0.4, 0.5) is 4.39 Å². The summed E-state index contributed by atoms with van der Waals surface area (Å²) in [7, 11) is 0. The summed E-state index contributed by atoms with van der Waals surface area (Å²) < 4.78 is 19.1. The summed E-state index contributed by atoms with van der Waals surface area (Å²) in [4.78, 5) is 14.8. The van der Waals surface area contributed by atoms with E-state index in [0.717, 1.165) is 12.8 Å². The van der Waals surface area contributed by atoms with Crippen LogP contribution in [0, 0.1) is 5.82 Å². The molecule has 0 bridgehead atoms. The summed E-state index contributed by atoms with van der Waals surface area (Å²) in [6, 6.07) is 8.04. The number of nitrogens with zero attached hydrogens (tertiary/aromatic N) is 1. The van der Waals surface area contributed by atoms with E-state index in [1.165, 1.54) is 18.2 Å². The van der Waals surface area contributed by atoms with Crippen molar-refractivity contribution in [3.8, 4) is 0 Å². The van der Waals surface area contributed by atoms with Crippen molar-refractivity contribution in [3.63, 3.8) is 0 Å². The van der Waals surface area contributed by atoms with E-state index in [1.54, 1.807) is 17.2 Å². The van der Waals surface area contributed by atoms with Crippen LogP contribution in [0.5, 0.6) is 0 Å². The third kappa shape index (κ3) is 2.72. The number of benzene rings is 1. The van der Waals surface area contributed by atoms with E-state index in [9.17, 15) is 9.18 Å². The van der Waals surface area contributed by atoms with Crippen LogP contribution in [0.25, 0.3) is 0 Å². The van der Waals surface area contributed by atoms with Crippen molar-refractivity contribution in [1.29, 1.82) is 0 Å². The Morgan fingerprint density at radius 3 is 2.85 bits per heavy atom. The molecule has 1 heterocycles. The molecule has 20 heavy (non-hydrogen) atoms. The predicted molar refractivity (Wildman–Crippen MR) is 75.3 cm³/mol. The molecule has 1 aliphatic rings. The summed E-state index contributed by atoms with van der Waals surface area (Å²) in [6.45, 7) is 0.368. The molecule has 0 saturated heterocycles. The smallest absolute Gasteiger partial charge is 0.257 e. The summed E-state index contributed by atoms with van der Waals surface area (Å²) in [5.41, 5.74) is 0.0657. The van der Waals surface area contributed by atoms with Gasteiger partial charge in [0.1, 0.15) is 11.6 Å². The summed E-state index contributed by atoms with van der Waals surface area (Å²) in [5, 5.41) is 0. The molecule has 0 spiro atoms. The van der Waals surface area contributed by atoms with E-state index in [0.29, 0.717) is 17.2 Å². The summed E-state index contributed by atoms with van der Waals surface area (Å²) in [6.07, 6.45) is 3.48. The summed E-state index contributed by atoms with van der Waals surface area (Å²) >= 11 is 4.16. The number of furan rings is 1. The lowest BCUT2D eigenvalue weighted by Crippen LogP contribution is -2.33. The normalized spacial score (nSPS) is 14.3. The van der Waals surface area contributed by atoms with Gasteiger partial charge in [0.25, 0.3) is 5.91 Å². The van der Waals surface area contributed by atoms with Crippen LogP contribution in [0.1, 0.15) is 29.0 Å². The largest absolute Gasteiger partial charge is 0.467 e. The van der Waals surface area contributed by atoms with Crippen molar-refractivity contribution in [2.75, 3.05) is 0 Å². The van der Waals surface area contributed by atoms with Gasteiger partial charge in [-0.1, -0.05) is 0 Å². The van der Waals surface area contributed by atoms with E-state index >= 15 is 0 Å². The first-order valence-corrected chi connectivity index (χ1v) is 6.92. The molecule has 1 fully saturated rings. The SMILES string of the molecule is O=C(c1cc(S)ccc1F)N(Cc1ccco1)C1CC1. The minimum Gasteiger partial charge on any atom is -0.467 e. The van der Waals surface area contributed by atoms with Gasteiger partial charge in [-0.3, -0.25) is 4.79 Å². The lowest BCUT2D eigenvalue weighted by molar-refractivity contribution is 0.0712. The van der Waals surface area contributed by atoms with Crippen molar-refractivity contribution < 1.29 is 13.6 Å². The molecule has 3 rings (SSSR count). The minimum atomic E-state index is -0.516. The van der Waals surface area contributed by atoms with Crippen molar-refractivity contribution >= 4 is 18.5 Å². The second kappa shape index (κ2) is 5.32. The van der Waals surface area contributed by atoms with Gasteiger partial charge in [-0.05, 0) is 43.2 Å². The number of thiol groups is 1. The zero-order valence-electron chi connectivity index (χ0n) is 10.8. The number of hydrogen-bond acceptors (Lipinski definition) is 3. The lowest BCUT2D eigenvalue weighted by atomic mass is 10.1. The fraction of sp³-hybridized carbons (Fsp3) is 0.267. The maximum absolute atomic E-state index is 13.8. The maximum atomic E-state index is 13.8. The second-order valence-electron chi connectivity index (χ2n) is 4.91. The van der Waals surface area contributed by atoms with E-state index in [4.69, 9.17) is 4.42 Å². The summed E-state index contributed by atoms with van der Waals surface area (Å²) in [5.74, 6) is -0.122. The first-order chi connectivity index (χ1) is 9.65. The molecule has 2 aromatic rings. The molecule has 5 heteroatoms. The van der Waals surface area contributed by atoms with E-state index in [1.807, 2.05) is 6.07 Å². The molecular weight excluding hydrogens is 277 g/mol. The van der Waals surface area contributed by atoms with Gasteiger partial charge in [-0.2, -0.15) is 0 Å². The van der Waals surface area contributed by atoms with Crippen LogP contribution in [0.2, 0.25) is 0 Å². The highest BCUT2D eigenvalue weighted by molar-refractivity contribution is 7.80. The highest BCUT2D eigenvalue weighted by Gasteiger charge is 2.34. The van der Waals surface area contributed by atoms with E-state index < -0.39 is 5.82 Å². The number of amides is 1. The quantitative estimate of drug-likeness (QED) is 0.875. The number of rotatable bonds is 4. The first-order valence-electron chi connectivity index (χ1n) is 6.47. The number of hydrogen-bond donors (Lipinski definition) is 1. The van der Waals surface area contributed by atoms with Crippen LogP contribution in [-0.4, -0.2) is 16.8 Å². The fourth-order valence-corrected chi connectivity index (χ4v) is 2.36. The number of carbonyl (C=O) groups excluding carboxylic acids is 1. The Labute approximate surface area is 121 Å². The molecule has 0 unspecified atom stereocenters. The molecule has 0 N–H and O–H groups in total. The van der Waals surface area contributed by atoms with Gasteiger partial charge in [0.05, 0.1) is 18.4 Å². The number of carbonyl (C=O) groups is 1. The molecule has 1 amide bonds. The third-order valence-corrected chi connectivity index (χ3v) is 3.61. The van der Waals surface area contributed by atoms with Gasteiger partial charge in [0, 0.05) is 10.9 Å². The Morgan fingerprint density at radius 1 is 1.40 bits per heavy atom. The van der Waals surface area contributed by atoms with Crippen molar-refractivity contribution in [3.05, 3.63) is 53.7 Å². The lowest BCUT2D eigenvalue weighted by Gasteiger charge is -2.21. The Kier molecular flexibility index (Phi) is 3.53. The van der Waals surface area contributed by atoms with Gasteiger partial charge in [-0.25, -0.2) is 4.39 Å². The number of halogens is 1. The monoisotopic (exact) mass is 291 g/mol. The van der Waals surface area contributed by atoms with Gasteiger partial charge in [0.15, 0.2) is 0 Å². The van der Waals surface area contributed by atoms with E-state index in [-0.39, 0.29) is 17.5 Å². The highest BCUT2D eigenvalue weighted by atomic mass is 32.1. The topological polar surface area (TPSA) is 33.5 Å². The zero-order valence-corrected chi connectivity index (χ0v) is 11.6. The molecule has 3 nitrogen and oxygen atoms in total. The molecule has 104 valence electrons. The van der Waals surface area contributed by atoms with Gasteiger partial charge in [-0.15, -0.1) is 12.6 Å². The average Bonchev–Trinajstić information content (AvgIpc) is 3.15. The third-order valence-electron chi connectivity index (χ3n) is 3.34. The standard InChI is InChI=1S/C15H14FNO2S/c16-14-6-5-12(20)8-13(14)15(18)17(10-3-4-10)9-11-2-1-7-19-11/h1-2,5-8,10,20H,3-4,9H2. The fourth-order valence-electron chi connectivity index (χ4n) is 2.16. The van der Waals surface area contributed by atoms with Crippen molar-refractivity contribution in [2.24, 2.45) is 0 Å². The molecule has 1 aromatic carbocycles. The predicted octanol–water partition coefficient (Wildman–Crippen LogP) is 3.51. The Bertz CT molecular complexity index is 623. The minimum absolute atomic E-state index is 0.0657. The average molecular weight is 291 g/mol. The molecule has 1 saturated carbocycles. The maximum Gasteiger partial charge on any atom is 0.257 e. The Morgan fingerprint density at radius 2 is 2.20 bits per heavy atom. The van der Waals surface area contributed by atoms with Crippen molar-refractivity contribution in [2.45, 2.75) is 30.3 Å². The van der Waals surface area contributed by atoms with Gasteiger partial charge >= 0.3 is 0 Å². The molecular formula is C15H14FNO2S. The van der Waals surface area contributed by atoms with Crippen LogP contribution in [0.15, 0.2) is 45.9 Å². The molecule has 0 radical (unpaired) electrons. The Hall–Kier alpha value is -1.75. The van der Waals surface area contributed by atoms with E-state index in [2.05, 4.69) is 12.6 Å². The molecule has 1 aliphatic carbocycles.